The highest BCUT2D eigenvalue weighted by molar-refractivity contribution is 7.89. The maximum atomic E-state index is 12.5. The van der Waals surface area contributed by atoms with Crippen molar-refractivity contribution in [3.63, 3.8) is 0 Å². The van der Waals surface area contributed by atoms with Crippen molar-refractivity contribution < 1.29 is 17.6 Å². The molecule has 1 amide bonds. The number of hydrogen-bond acceptors (Lipinski definition) is 4. The van der Waals surface area contributed by atoms with Crippen LogP contribution in [-0.2, 0) is 10.0 Å². The number of carbonyl (C=O) groups is 1. The fourth-order valence-electron chi connectivity index (χ4n) is 2.26. The summed E-state index contributed by atoms with van der Waals surface area (Å²) in [5, 5.41) is 2.92. The van der Waals surface area contributed by atoms with Crippen LogP contribution >= 0.6 is 11.6 Å². The summed E-state index contributed by atoms with van der Waals surface area (Å²) in [4.78, 5) is 12.5. The van der Waals surface area contributed by atoms with Gasteiger partial charge in [0, 0.05) is 6.04 Å². The highest BCUT2D eigenvalue weighted by Gasteiger charge is 2.21. The maximum absolute atomic E-state index is 12.5. The van der Waals surface area contributed by atoms with Crippen LogP contribution in [0.3, 0.4) is 0 Å². The first-order valence-corrected chi connectivity index (χ1v) is 9.65. The van der Waals surface area contributed by atoms with E-state index in [9.17, 15) is 13.2 Å². The monoisotopic (exact) mass is 384 g/mol. The third-order valence-electron chi connectivity index (χ3n) is 3.42. The number of carbonyl (C=O) groups excluding carboxylic acids is 1. The van der Waals surface area contributed by atoms with Gasteiger partial charge in [-0.3, -0.25) is 4.79 Å². The lowest BCUT2D eigenvalue weighted by atomic mass is 10.2. The highest BCUT2D eigenvalue weighted by Crippen LogP contribution is 2.22. The normalized spacial score (nSPS) is 13.0. The lowest BCUT2D eigenvalue weighted by molar-refractivity contribution is 0.0935. The van der Waals surface area contributed by atoms with E-state index >= 15 is 0 Å². The second-order valence-corrected chi connectivity index (χ2v) is 8.18. The minimum absolute atomic E-state index is 0.0164. The Morgan fingerprint density at radius 3 is 2.40 bits per heavy atom. The van der Waals surface area contributed by atoms with Crippen LogP contribution in [0.2, 0.25) is 5.02 Å². The maximum Gasteiger partial charge on any atom is 0.253 e. The van der Waals surface area contributed by atoms with Gasteiger partial charge in [0.05, 0.1) is 21.5 Å². The Morgan fingerprint density at radius 2 is 1.84 bits per heavy atom. The van der Waals surface area contributed by atoms with Gasteiger partial charge in [0.1, 0.15) is 11.5 Å². The summed E-state index contributed by atoms with van der Waals surface area (Å²) in [5.41, 5.74) is 0.0865. The van der Waals surface area contributed by atoms with Gasteiger partial charge in [0.25, 0.3) is 5.91 Å². The Bertz CT molecular complexity index is 875. The number of rotatable bonds is 6. The van der Waals surface area contributed by atoms with E-state index < -0.39 is 15.9 Å². The molecule has 2 aromatic rings. The molecule has 0 aliphatic carbocycles. The quantitative estimate of drug-likeness (QED) is 0.798. The molecule has 0 radical (unpaired) electrons. The summed E-state index contributed by atoms with van der Waals surface area (Å²) in [5.74, 6) is 0.863. The predicted molar refractivity (Wildman–Crippen MR) is 96.2 cm³/mol. The standard InChI is InChI=1S/C17H21ClN2O4S/c1-10(2)20-25(22,23)13-6-7-15(18)14(9-13)17(21)19-12(4)16-8-5-11(3)24-16/h5-10,12,20H,1-4H3,(H,19,21). The second-order valence-electron chi connectivity index (χ2n) is 6.06. The molecule has 6 nitrogen and oxygen atoms in total. The van der Waals surface area contributed by atoms with Gasteiger partial charge >= 0.3 is 0 Å². The van der Waals surface area contributed by atoms with Crippen molar-refractivity contribution in [1.29, 1.82) is 0 Å². The zero-order chi connectivity index (χ0) is 18.8. The van der Waals surface area contributed by atoms with Gasteiger partial charge in [-0.15, -0.1) is 0 Å². The summed E-state index contributed by atoms with van der Waals surface area (Å²) in [6.45, 7) is 7.01. The number of furan rings is 1. The Hall–Kier alpha value is -1.83. The molecule has 0 bridgehead atoms. The van der Waals surface area contributed by atoms with Gasteiger partial charge in [-0.05, 0) is 58.0 Å². The molecule has 2 N–H and O–H groups in total. The molecule has 2 rings (SSSR count). The molecule has 1 atom stereocenters. The molecule has 0 spiro atoms. The lowest BCUT2D eigenvalue weighted by Crippen LogP contribution is -2.31. The minimum Gasteiger partial charge on any atom is -0.464 e. The third-order valence-corrected chi connectivity index (χ3v) is 5.40. The van der Waals surface area contributed by atoms with Crippen LogP contribution in [0.5, 0.6) is 0 Å². The van der Waals surface area contributed by atoms with E-state index in [1.807, 2.05) is 6.92 Å². The topological polar surface area (TPSA) is 88.4 Å². The fourth-order valence-corrected chi connectivity index (χ4v) is 3.74. The molecule has 0 aliphatic heterocycles. The Balaban J connectivity index is 2.26. The van der Waals surface area contributed by atoms with Crippen LogP contribution in [0.1, 0.15) is 48.7 Å². The zero-order valence-corrected chi connectivity index (χ0v) is 16.0. The van der Waals surface area contributed by atoms with Gasteiger partial charge < -0.3 is 9.73 Å². The van der Waals surface area contributed by atoms with E-state index in [0.29, 0.717) is 5.76 Å². The molecule has 8 heteroatoms. The van der Waals surface area contributed by atoms with Crippen molar-refractivity contribution in [2.45, 2.75) is 44.7 Å². The first-order chi connectivity index (χ1) is 11.6. The largest absolute Gasteiger partial charge is 0.464 e. The van der Waals surface area contributed by atoms with E-state index in [4.69, 9.17) is 16.0 Å². The van der Waals surface area contributed by atoms with Crippen molar-refractivity contribution in [3.8, 4) is 0 Å². The molecule has 0 aliphatic rings. The van der Waals surface area contributed by atoms with Crippen molar-refractivity contribution in [3.05, 3.63) is 52.4 Å². The molecular formula is C17H21ClN2O4S. The first kappa shape index (κ1) is 19.5. The first-order valence-electron chi connectivity index (χ1n) is 7.79. The Kier molecular flexibility index (Phi) is 5.92. The number of hydrogen-bond donors (Lipinski definition) is 2. The predicted octanol–water partition coefficient (Wildman–Crippen LogP) is 3.42. The van der Waals surface area contributed by atoms with Crippen LogP contribution in [0.25, 0.3) is 0 Å². The van der Waals surface area contributed by atoms with Crippen LogP contribution in [-0.4, -0.2) is 20.4 Å². The minimum atomic E-state index is -3.72. The Labute approximate surface area is 152 Å². The molecule has 1 heterocycles. The zero-order valence-electron chi connectivity index (χ0n) is 14.5. The summed E-state index contributed by atoms with van der Waals surface area (Å²) >= 11 is 6.08. The lowest BCUT2D eigenvalue weighted by Gasteiger charge is -2.14. The number of benzene rings is 1. The molecular weight excluding hydrogens is 364 g/mol. The van der Waals surface area contributed by atoms with Crippen molar-refractivity contribution in [2.75, 3.05) is 0 Å². The summed E-state index contributed by atoms with van der Waals surface area (Å²) in [6.07, 6.45) is 0. The van der Waals surface area contributed by atoms with Gasteiger partial charge in [-0.25, -0.2) is 13.1 Å². The summed E-state index contributed by atoms with van der Waals surface area (Å²) in [7, 11) is -3.72. The van der Waals surface area contributed by atoms with Crippen molar-refractivity contribution >= 4 is 27.5 Å². The van der Waals surface area contributed by atoms with E-state index in [0.717, 1.165) is 5.76 Å². The SMILES string of the molecule is Cc1ccc(C(C)NC(=O)c2cc(S(=O)(=O)NC(C)C)ccc2Cl)o1. The highest BCUT2D eigenvalue weighted by atomic mass is 35.5. The molecule has 0 fully saturated rings. The van der Waals surface area contributed by atoms with Crippen LogP contribution in [0.15, 0.2) is 39.6 Å². The fraction of sp³-hybridized carbons (Fsp3) is 0.353. The molecule has 136 valence electrons. The molecule has 1 aromatic carbocycles. The van der Waals surface area contributed by atoms with Gasteiger partial charge in [-0.1, -0.05) is 11.6 Å². The second kappa shape index (κ2) is 7.59. The molecule has 0 saturated heterocycles. The van der Waals surface area contributed by atoms with Crippen LogP contribution < -0.4 is 10.0 Å². The van der Waals surface area contributed by atoms with E-state index in [-0.39, 0.29) is 27.6 Å². The number of amides is 1. The van der Waals surface area contributed by atoms with Gasteiger partial charge in [0.15, 0.2) is 0 Å². The van der Waals surface area contributed by atoms with Crippen molar-refractivity contribution in [1.82, 2.24) is 10.0 Å². The van der Waals surface area contributed by atoms with Crippen LogP contribution in [0.4, 0.5) is 0 Å². The number of halogens is 1. The smallest absolute Gasteiger partial charge is 0.253 e. The van der Waals surface area contributed by atoms with E-state index in [1.54, 1.807) is 32.9 Å². The summed E-state index contributed by atoms with van der Waals surface area (Å²) in [6, 6.07) is 6.95. The van der Waals surface area contributed by atoms with Crippen molar-refractivity contribution in [2.24, 2.45) is 0 Å². The number of sulfonamides is 1. The van der Waals surface area contributed by atoms with Crippen LogP contribution in [0, 0.1) is 6.92 Å². The Morgan fingerprint density at radius 1 is 1.16 bits per heavy atom. The summed E-state index contributed by atoms with van der Waals surface area (Å²) < 4.78 is 32.5. The average molecular weight is 385 g/mol. The number of aryl methyl sites for hydroxylation is 1. The molecule has 1 aromatic heterocycles. The van der Waals surface area contributed by atoms with Gasteiger partial charge in [0.2, 0.25) is 10.0 Å². The third kappa shape index (κ3) is 4.84. The molecule has 0 saturated carbocycles. The van der Waals surface area contributed by atoms with E-state index in [1.165, 1.54) is 18.2 Å². The van der Waals surface area contributed by atoms with E-state index in [2.05, 4.69) is 10.0 Å². The molecule has 25 heavy (non-hydrogen) atoms. The molecule has 1 unspecified atom stereocenters. The van der Waals surface area contributed by atoms with Gasteiger partial charge in [-0.2, -0.15) is 0 Å². The average Bonchev–Trinajstić information content (AvgIpc) is 2.92. The number of nitrogens with one attached hydrogen (secondary N) is 2.